The zero-order chi connectivity index (χ0) is 30.6. The Bertz CT molecular complexity index is 1900. The van der Waals surface area contributed by atoms with Crippen molar-refractivity contribution in [3.8, 4) is 0 Å². The lowest BCUT2D eigenvalue weighted by molar-refractivity contribution is -0.245. The molecule has 3 atom stereocenters. The molecule has 1 amide bonds. The summed E-state index contributed by atoms with van der Waals surface area (Å²) in [4.78, 5) is 26.3. The van der Waals surface area contributed by atoms with Crippen LogP contribution in [0, 0.1) is 0 Å². The van der Waals surface area contributed by atoms with Crippen molar-refractivity contribution in [1.82, 2.24) is 20.3 Å². The molecule has 2 aromatic heterocycles. The van der Waals surface area contributed by atoms with Gasteiger partial charge in [0, 0.05) is 24.3 Å². The van der Waals surface area contributed by atoms with Crippen molar-refractivity contribution in [3.05, 3.63) is 131 Å². The Morgan fingerprint density at radius 3 is 2.33 bits per heavy atom. The van der Waals surface area contributed by atoms with E-state index in [4.69, 9.17) is 14.5 Å². The minimum absolute atomic E-state index is 0.00142. The van der Waals surface area contributed by atoms with E-state index in [9.17, 15) is 9.90 Å². The Morgan fingerprint density at radius 2 is 1.56 bits per heavy atom. The predicted molar refractivity (Wildman–Crippen MR) is 176 cm³/mol. The van der Waals surface area contributed by atoms with Crippen molar-refractivity contribution in [2.75, 3.05) is 5.75 Å². The number of hydrogen-bond acceptors (Lipinski definition) is 9. The third kappa shape index (κ3) is 6.90. The van der Waals surface area contributed by atoms with Crippen LogP contribution in [0.3, 0.4) is 0 Å². The van der Waals surface area contributed by atoms with Gasteiger partial charge in [-0.1, -0.05) is 84.6 Å². The number of amides is 1. The van der Waals surface area contributed by atoms with Crippen molar-refractivity contribution in [2.45, 2.75) is 42.4 Å². The predicted octanol–water partition coefficient (Wildman–Crippen LogP) is 7.00. The maximum absolute atomic E-state index is 12.8. The largest absolute Gasteiger partial charge is 0.392 e. The lowest BCUT2D eigenvalue weighted by Gasteiger charge is -2.36. The van der Waals surface area contributed by atoms with Crippen LogP contribution in [0.5, 0.6) is 0 Å². The van der Waals surface area contributed by atoms with E-state index in [2.05, 4.69) is 21.4 Å². The van der Waals surface area contributed by atoms with E-state index in [1.54, 1.807) is 23.1 Å². The van der Waals surface area contributed by atoms with E-state index < -0.39 is 6.29 Å². The van der Waals surface area contributed by atoms with Crippen LogP contribution in [0.25, 0.3) is 21.3 Å². The van der Waals surface area contributed by atoms with Gasteiger partial charge in [0.05, 0.1) is 46.3 Å². The first kappa shape index (κ1) is 29.5. The summed E-state index contributed by atoms with van der Waals surface area (Å²) in [5.41, 5.74) is 6.47. The number of aliphatic hydroxyl groups excluding tert-OH is 1. The monoisotopic (exact) mass is 634 g/mol. The minimum atomic E-state index is -0.557. The Kier molecular flexibility index (Phi) is 8.81. The van der Waals surface area contributed by atoms with Crippen molar-refractivity contribution in [1.29, 1.82) is 0 Å². The number of carbonyl (C=O) groups excluding carboxylic acids is 1. The number of ether oxygens (including phenoxy) is 2. The van der Waals surface area contributed by atoms with Gasteiger partial charge in [-0.25, -0.2) is 9.97 Å². The van der Waals surface area contributed by atoms with Gasteiger partial charge in [-0.2, -0.15) is 0 Å². The molecule has 0 unspecified atom stereocenters. The number of nitrogens with zero attached hydrogens (tertiary/aromatic N) is 3. The Balaban J connectivity index is 1.03. The number of hydrogen-bond donors (Lipinski definition) is 2. The highest BCUT2D eigenvalue weighted by molar-refractivity contribution is 8.01. The molecule has 0 spiro atoms. The van der Waals surface area contributed by atoms with Crippen LogP contribution in [0.1, 0.15) is 51.6 Å². The molecule has 1 fully saturated rings. The number of rotatable bonds is 9. The van der Waals surface area contributed by atoms with Crippen LogP contribution in [-0.2, 0) is 22.6 Å². The van der Waals surface area contributed by atoms with Crippen LogP contribution in [0.4, 0.5) is 0 Å². The summed E-state index contributed by atoms with van der Waals surface area (Å²) in [6.45, 7) is 0.350. The van der Waals surface area contributed by atoms with Gasteiger partial charge in [0.2, 0.25) is 0 Å². The molecule has 1 saturated heterocycles. The molecule has 0 bridgehead atoms. The van der Waals surface area contributed by atoms with Crippen LogP contribution >= 0.6 is 23.1 Å². The van der Waals surface area contributed by atoms with E-state index in [1.165, 1.54) is 10.9 Å². The Labute approximate surface area is 268 Å². The number of nitrogens with one attached hydrogen (secondary N) is 1. The highest BCUT2D eigenvalue weighted by Crippen LogP contribution is 2.40. The molecule has 2 N–H and O–H groups in total. The molecule has 3 heterocycles. The van der Waals surface area contributed by atoms with Crippen LogP contribution < -0.4 is 5.32 Å². The fraction of sp³-hybridized carbons (Fsp3) is 0.200. The van der Waals surface area contributed by atoms with Gasteiger partial charge in [-0.15, -0.1) is 11.3 Å². The van der Waals surface area contributed by atoms with E-state index >= 15 is 0 Å². The maximum atomic E-state index is 12.8. The van der Waals surface area contributed by atoms with Gasteiger partial charge in [0.1, 0.15) is 5.69 Å². The van der Waals surface area contributed by atoms with Gasteiger partial charge >= 0.3 is 0 Å². The summed E-state index contributed by atoms with van der Waals surface area (Å²) in [7, 11) is 0. The smallest absolute Gasteiger partial charge is 0.271 e. The van der Waals surface area contributed by atoms with Gasteiger partial charge in [-0.3, -0.25) is 9.78 Å². The average Bonchev–Trinajstić information content (AvgIpc) is 3.53. The number of aliphatic hydroxyl groups is 1. The van der Waals surface area contributed by atoms with Crippen LogP contribution in [0.15, 0.2) is 108 Å². The minimum Gasteiger partial charge on any atom is -0.392 e. The quantitative estimate of drug-likeness (QED) is 0.164. The highest BCUT2D eigenvalue weighted by Gasteiger charge is 2.32. The third-order valence-electron chi connectivity index (χ3n) is 7.67. The molecule has 10 heteroatoms. The molecule has 6 aromatic rings. The van der Waals surface area contributed by atoms with Crippen molar-refractivity contribution < 1.29 is 19.4 Å². The lowest BCUT2D eigenvalue weighted by atomic mass is 10.0. The Hall–Kier alpha value is -4.19. The summed E-state index contributed by atoms with van der Waals surface area (Å²) in [5, 5.41) is 12.4. The van der Waals surface area contributed by atoms with Crippen LogP contribution in [0.2, 0.25) is 0 Å². The van der Waals surface area contributed by atoms with E-state index in [1.807, 2.05) is 91.0 Å². The number of thioether (sulfide) groups is 1. The van der Waals surface area contributed by atoms with Crippen molar-refractivity contribution in [2.24, 2.45) is 0 Å². The molecular weight excluding hydrogens is 605 g/mol. The second-order valence-corrected chi connectivity index (χ2v) is 13.1. The first-order chi connectivity index (χ1) is 22.1. The molecule has 1 aliphatic heterocycles. The number of thiazole rings is 1. The molecule has 226 valence electrons. The standard InChI is InChI=1S/C35H30N4O4S2/c40-20-23-11-13-24(14-12-23)31-17-26(21-44-35-39-29-7-3-4-8-32(29)45-35)42-34(43-31)25-15-9-22(10-16-25)18-37-33(41)30-19-36-27-5-1-2-6-28(27)38-30/h1-16,19,26,31,34,40H,17-18,20-21H2,(H,37,41)/t26-,31+,34+/m1/s1. The average molecular weight is 635 g/mol. The molecule has 7 rings (SSSR count). The summed E-state index contributed by atoms with van der Waals surface area (Å²) >= 11 is 3.40. The summed E-state index contributed by atoms with van der Waals surface area (Å²) < 4.78 is 15.2. The number of carbonyl (C=O) groups is 1. The summed E-state index contributed by atoms with van der Waals surface area (Å²) in [6.07, 6.45) is 1.41. The summed E-state index contributed by atoms with van der Waals surface area (Å²) in [6, 6.07) is 31.4. The fourth-order valence-corrected chi connectivity index (χ4v) is 7.34. The van der Waals surface area contributed by atoms with Crippen molar-refractivity contribution >= 4 is 50.3 Å². The van der Waals surface area contributed by atoms with Crippen molar-refractivity contribution in [3.63, 3.8) is 0 Å². The highest BCUT2D eigenvalue weighted by atomic mass is 32.2. The number of benzene rings is 4. The molecule has 0 radical (unpaired) electrons. The molecule has 8 nitrogen and oxygen atoms in total. The molecule has 4 aromatic carbocycles. The molecule has 1 aliphatic rings. The molecular formula is C35H30N4O4S2. The fourth-order valence-electron chi connectivity index (χ4n) is 5.23. The molecule has 45 heavy (non-hydrogen) atoms. The lowest BCUT2D eigenvalue weighted by Crippen LogP contribution is -2.31. The van der Waals surface area contributed by atoms with Gasteiger partial charge < -0.3 is 19.9 Å². The second kappa shape index (κ2) is 13.4. The zero-order valence-corrected chi connectivity index (χ0v) is 25.8. The maximum Gasteiger partial charge on any atom is 0.271 e. The number of fused-ring (bicyclic) bond motifs is 2. The van der Waals surface area contributed by atoms with Gasteiger partial charge in [0.25, 0.3) is 5.91 Å². The first-order valence-electron chi connectivity index (χ1n) is 14.7. The molecule has 0 aliphatic carbocycles. The van der Waals surface area contributed by atoms with Gasteiger partial charge in [0.15, 0.2) is 10.6 Å². The van der Waals surface area contributed by atoms with Crippen LogP contribution in [-0.4, -0.2) is 37.8 Å². The summed E-state index contributed by atoms with van der Waals surface area (Å²) in [5.74, 6) is 0.465. The SMILES string of the molecule is O=C(NCc1ccc([C@H]2O[C@@H](CSc3nc4ccccc4s3)C[C@@H](c3ccc(CO)cc3)O2)cc1)c1cnc2ccccc2n1. The zero-order valence-electron chi connectivity index (χ0n) is 24.2. The van der Waals surface area contributed by atoms with E-state index in [-0.39, 0.29) is 30.4 Å². The second-order valence-electron chi connectivity index (χ2n) is 10.8. The van der Waals surface area contributed by atoms with E-state index in [0.29, 0.717) is 18.5 Å². The normalized spacial score (nSPS) is 18.3. The topological polar surface area (TPSA) is 106 Å². The number of para-hydroxylation sites is 3. The number of aromatic nitrogens is 3. The molecule has 0 saturated carbocycles. The van der Waals surface area contributed by atoms with E-state index in [0.717, 1.165) is 43.4 Å². The van der Waals surface area contributed by atoms with Gasteiger partial charge in [-0.05, 0) is 41.0 Å². The first-order valence-corrected chi connectivity index (χ1v) is 16.5. The Morgan fingerprint density at radius 1 is 0.844 bits per heavy atom. The third-order valence-corrected chi connectivity index (χ3v) is 9.98.